The minimum atomic E-state index is -0.555. The Morgan fingerprint density at radius 1 is 1.28 bits per heavy atom. The highest BCUT2D eigenvalue weighted by Crippen LogP contribution is 2.37. The Kier molecular flexibility index (Phi) is 5.66. The summed E-state index contributed by atoms with van der Waals surface area (Å²) in [6.07, 6.45) is 1.13. The zero-order chi connectivity index (χ0) is 18.8. The van der Waals surface area contributed by atoms with Crippen LogP contribution in [0.25, 0.3) is 0 Å². The monoisotopic (exact) mass is 413 g/mol. The fourth-order valence-corrected chi connectivity index (χ4v) is 2.93. The highest BCUT2D eigenvalue weighted by atomic mass is 79.9. The first-order chi connectivity index (χ1) is 11.6. The number of aryl methyl sites for hydroxylation is 1. The van der Waals surface area contributed by atoms with Crippen LogP contribution in [0.1, 0.15) is 49.5 Å². The van der Waals surface area contributed by atoms with Crippen LogP contribution in [0, 0.1) is 6.92 Å². The van der Waals surface area contributed by atoms with Crippen molar-refractivity contribution in [2.45, 2.75) is 51.7 Å². The van der Waals surface area contributed by atoms with Gasteiger partial charge in [0.25, 0.3) is 0 Å². The van der Waals surface area contributed by atoms with Crippen molar-refractivity contribution in [1.29, 1.82) is 0 Å². The summed E-state index contributed by atoms with van der Waals surface area (Å²) in [5.74, 6) is -0.0269. The Balaban J connectivity index is 2.08. The van der Waals surface area contributed by atoms with E-state index < -0.39 is 23.2 Å². The van der Waals surface area contributed by atoms with Crippen molar-refractivity contribution in [2.75, 3.05) is 13.7 Å². The molecular formula is C18H24BrNO5. The maximum Gasteiger partial charge on any atom is 0.408 e. The van der Waals surface area contributed by atoms with Crippen molar-refractivity contribution in [3.8, 4) is 5.75 Å². The Bertz CT molecular complexity index is 677. The molecule has 0 saturated heterocycles. The minimum Gasteiger partial charge on any atom is -0.490 e. The number of rotatable bonds is 5. The number of carbonyl (C=O) groups is 2. The van der Waals surface area contributed by atoms with Gasteiger partial charge >= 0.3 is 12.1 Å². The van der Waals surface area contributed by atoms with Gasteiger partial charge in [0.1, 0.15) is 23.5 Å². The molecule has 1 aliphatic rings. The second kappa shape index (κ2) is 7.23. The van der Waals surface area contributed by atoms with Gasteiger partial charge in [-0.1, -0.05) is 15.9 Å². The predicted octanol–water partition coefficient (Wildman–Crippen LogP) is 3.98. The van der Waals surface area contributed by atoms with Crippen molar-refractivity contribution >= 4 is 28.0 Å². The van der Waals surface area contributed by atoms with E-state index in [0.29, 0.717) is 11.3 Å². The van der Waals surface area contributed by atoms with Crippen LogP contribution in [0.2, 0.25) is 0 Å². The predicted molar refractivity (Wildman–Crippen MR) is 97.0 cm³/mol. The molecule has 0 unspecified atom stereocenters. The van der Waals surface area contributed by atoms with Gasteiger partial charge in [-0.05, 0) is 58.2 Å². The molecule has 1 fully saturated rings. The number of alkyl carbamates (subject to hydrolysis) is 1. The molecule has 0 aliphatic heterocycles. The molecule has 0 aromatic heterocycles. The van der Waals surface area contributed by atoms with Crippen molar-refractivity contribution in [3.63, 3.8) is 0 Å². The summed E-state index contributed by atoms with van der Waals surface area (Å²) in [4.78, 5) is 24.0. The molecule has 7 heteroatoms. The molecule has 1 amide bonds. The van der Waals surface area contributed by atoms with E-state index >= 15 is 0 Å². The smallest absolute Gasteiger partial charge is 0.408 e. The van der Waals surface area contributed by atoms with Crippen molar-refractivity contribution in [1.82, 2.24) is 5.32 Å². The fraction of sp³-hybridized carbons (Fsp3) is 0.556. The number of esters is 1. The van der Waals surface area contributed by atoms with E-state index in [9.17, 15) is 9.59 Å². The molecular weight excluding hydrogens is 390 g/mol. The van der Waals surface area contributed by atoms with Gasteiger partial charge in [-0.15, -0.1) is 0 Å². The Hall–Kier alpha value is -1.76. The van der Waals surface area contributed by atoms with Crippen molar-refractivity contribution in [3.05, 3.63) is 27.7 Å². The van der Waals surface area contributed by atoms with Gasteiger partial charge in [0.15, 0.2) is 0 Å². The molecule has 2 rings (SSSR count). The van der Waals surface area contributed by atoms with Crippen molar-refractivity contribution < 1.29 is 23.8 Å². The Labute approximate surface area is 156 Å². The molecule has 0 bridgehead atoms. The summed E-state index contributed by atoms with van der Waals surface area (Å²) in [7, 11) is 1.33. The van der Waals surface area contributed by atoms with Gasteiger partial charge in [0.05, 0.1) is 12.6 Å². The molecule has 1 N–H and O–H groups in total. The summed E-state index contributed by atoms with van der Waals surface area (Å²) in [6, 6.07) is 3.55. The molecule has 1 saturated carbocycles. The third-order valence-electron chi connectivity index (χ3n) is 3.78. The maximum atomic E-state index is 12.0. The van der Waals surface area contributed by atoms with Crippen LogP contribution in [0.4, 0.5) is 4.79 Å². The molecule has 1 aromatic rings. The third-order valence-corrected chi connectivity index (χ3v) is 4.24. The number of carbonyl (C=O) groups excluding carboxylic acids is 2. The summed E-state index contributed by atoms with van der Waals surface area (Å²) >= 11 is 3.41. The lowest BCUT2D eigenvalue weighted by atomic mass is 10.1. The molecule has 0 atom stereocenters. The lowest BCUT2D eigenvalue weighted by Crippen LogP contribution is -2.44. The average Bonchev–Trinajstić information content (AvgIpc) is 3.21. The third kappa shape index (κ3) is 5.36. The topological polar surface area (TPSA) is 73.9 Å². The molecule has 1 aromatic carbocycles. The summed E-state index contributed by atoms with van der Waals surface area (Å²) in [5, 5.41) is 2.87. The van der Waals surface area contributed by atoms with Crippen LogP contribution in [-0.2, 0) is 9.47 Å². The number of benzene rings is 1. The molecule has 0 radical (unpaired) electrons. The average molecular weight is 414 g/mol. The first-order valence-electron chi connectivity index (χ1n) is 8.08. The van der Waals surface area contributed by atoms with Crippen molar-refractivity contribution in [2.24, 2.45) is 0 Å². The number of methoxy groups -OCH3 is 1. The highest BCUT2D eigenvalue weighted by molar-refractivity contribution is 9.10. The Morgan fingerprint density at radius 2 is 1.92 bits per heavy atom. The van der Waals surface area contributed by atoms with E-state index in [1.165, 1.54) is 7.11 Å². The van der Waals surface area contributed by atoms with Crippen LogP contribution in [0.3, 0.4) is 0 Å². The first kappa shape index (κ1) is 19.6. The van der Waals surface area contributed by atoms with E-state index in [4.69, 9.17) is 14.2 Å². The lowest BCUT2D eigenvalue weighted by molar-refractivity contribution is 0.0472. The normalized spacial score (nSPS) is 15.3. The largest absolute Gasteiger partial charge is 0.490 e. The van der Waals surface area contributed by atoms with Gasteiger partial charge in [-0.25, -0.2) is 9.59 Å². The standard InChI is InChI=1S/C18H24BrNO5/c1-11-8-12(19)9-13(14(11)15(21)23-5)24-10-18(6-7-18)20-16(22)25-17(2,3)4/h8-9H,6-7,10H2,1-5H3,(H,20,22). The van der Waals surface area contributed by atoms with Crippen LogP contribution in [-0.4, -0.2) is 36.9 Å². The number of halogens is 1. The maximum absolute atomic E-state index is 12.0. The van der Waals surface area contributed by atoms with Crippen LogP contribution in [0.15, 0.2) is 16.6 Å². The molecule has 6 nitrogen and oxygen atoms in total. The van der Waals surface area contributed by atoms with Gasteiger partial charge in [0, 0.05) is 4.47 Å². The molecule has 0 spiro atoms. The molecule has 1 aliphatic carbocycles. The van der Waals surface area contributed by atoms with E-state index in [-0.39, 0.29) is 6.61 Å². The minimum absolute atomic E-state index is 0.256. The van der Waals surface area contributed by atoms with Gasteiger partial charge < -0.3 is 19.5 Å². The van der Waals surface area contributed by atoms with Gasteiger partial charge in [-0.3, -0.25) is 0 Å². The van der Waals surface area contributed by atoms with E-state index in [0.717, 1.165) is 22.9 Å². The zero-order valence-corrected chi connectivity index (χ0v) is 16.8. The lowest BCUT2D eigenvalue weighted by Gasteiger charge is -2.24. The Morgan fingerprint density at radius 3 is 2.44 bits per heavy atom. The van der Waals surface area contributed by atoms with Crippen LogP contribution < -0.4 is 10.1 Å². The zero-order valence-electron chi connectivity index (χ0n) is 15.2. The summed E-state index contributed by atoms with van der Waals surface area (Å²) in [5.41, 5.74) is 0.131. The summed E-state index contributed by atoms with van der Waals surface area (Å²) < 4.78 is 16.8. The second-order valence-corrected chi connectivity index (χ2v) is 8.20. The number of ether oxygens (including phenoxy) is 3. The SMILES string of the molecule is COC(=O)c1c(C)cc(Br)cc1OCC1(NC(=O)OC(C)(C)C)CC1. The second-order valence-electron chi connectivity index (χ2n) is 7.28. The quantitative estimate of drug-likeness (QED) is 0.738. The van der Waals surface area contributed by atoms with Crippen LogP contribution in [0.5, 0.6) is 5.75 Å². The highest BCUT2D eigenvalue weighted by Gasteiger charge is 2.46. The van der Waals surface area contributed by atoms with E-state index in [1.54, 1.807) is 6.07 Å². The number of amides is 1. The molecule has 0 heterocycles. The van der Waals surface area contributed by atoms with E-state index in [1.807, 2.05) is 33.8 Å². The van der Waals surface area contributed by atoms with Crippen LogP contribution >= 0.6 is 15.9 Å². The first-order valence-corrected chi connectivity index (χ1v) is 8.87. The van der Waals surface area contributed by atoms with Gasteiger partial charge in [-0.2, -0.15) is 0 Å². The fourth-order valence-electron chi connectivity index (χ4n) is 2.38. The van der Waals surface area contributed by atoms with Gasteiger partial charge in [0.2, 0.25) is 0 Å². The van der Waals surface area contributed by atoms with E-state index in [2.05, 4.69) is 21.2 Å². The number of hydrogen-bond acceptors (Lipinski definition) is 5. The number of nitrogens with one attached hydrogen (secondary N) is 1. The summed E-state index contributed by atoms with van der Waals surface area (Å²) in [6.45, 7) is 7.52. The number of hydrogen-bond donors (Lipinski definition) is 1. The molecule has 25 heavy (non-hydrogen) atoms. The molecule has 138 valence electrons.